The van der Waals surface area contributed by atoms with E-state index >= 15 is 4.57 Å². The molecule has 0 unspecified atom stereocenters. The Morgan fingerprint density at radius 1 is 0.250 bits per heavy atom. The molecular formula is C59H40N3OP. The molecule has 11 rings (SSSR count). The van der Waals surface area contributed by atoms with E-state index in [0.29, 0.717) is 17.5 Å². The molecule has 0 aliphatic carbocycles. The number of rotatable bonds is 9. The normalized spacial score (nSPS) is 11.5. The first-order chi connectivity index (χ1) is 31.6. The van der Waals surface area contributed by atoms with Gasteiger partial charge in [0.25, 0.3) is 0 Å². The molecule has 1 heterocycles. The molecule has 0 amide bonds. The van der Waals surface area contributed by atoms with Crippen molar-refractivity contribution in [3.8, 4) is 67.5 Å². The second-order valence-corrected chi connectivity index (χ2v) is 18.6. The lowest BCUT2D eigenvalue weighted by atomic mass is 9.97. The van der Waals surface area contributed by atoms with Crippen LogP contribution in [0.15, 0.2) is 243 Å². The lowest BCUT2D eigenvalue weighted by Crippen LogP contribution is -2.26. The fourth-order valence-corrected chi connectivity index (χ4v) is 11.8. The second-order valence-electron chi connectivity index (χ2n) is 15.9. The fraction of sp³-hybridized carbons (Fsp3) is 0. The second kappa shape index (κ2) is 16.7. The zero-order chi connectivity index (χ0) is 42.9. The van der Waals surface area contributed by atoms with Crippen molar-refractivity contribution in [3.05, 3.63) is 243 Å². The van der Waals surface area contributed by atoms with Crippen LogP contribution in [0.1, 0.15) is 0 Å². The monoisotopic (exact) mass is 837 g/mol. The van der Waals surface area contributed by atoms with Crippen molar-refractivity contribution in [2.24, 2.45) is 0 Å². The van der Waals surface area contributed by atoms with E-state index in [0.717, 1.165) is 87.5 Å². The highest BCUT2D eigenvalue weighted by Gasteiger charge is 2.33. The van der Waals surface area contributed by atoms with Gasteiger partial charge in [-0.3, -0.25) is 0 Å². The van der Waals surface area contributed by atoms with Gasteiger partial charge < -0.3 is 4.57 Å². The van der Waals surface area contributed by atoms with E-state index in [-0.39, 0.29) is 0 Å². The van der Waals surface area contributed by atoms with Crippen molar-refractivity contribution >= 4 is 44.6 Å². The van der Waals surface area contributed by atoms with Gasteiger partial charge in [-0.15, -0.1) is 0 Å². The average molecular weight is 838 g/mol. The Bertz CT molecular complexity index is 3330. The molecule has 5 heteroatoms. The topological polar surface area (TPSA) is 55.7 Å². The van der Waals surface area contributed by atoms with Crippen molar-refractivity contribution in [1.29, 1.82) is 0 Å². The predicted molar refractivity (Wildman–Crippen MR) is 267 cm³/mol. The van der Waals surface area contributed by atoms with E-state index in [1.165, 1.54) is 0 Å². The molecule has 0 saturated carbocycles. The van der Waals surface area contributed by atoms with Crippen molar-refractivity contribution in [2.75, 3.05) is 0 Å². The number of aromatic nitrogens is 3. The molecule has 10 aromatic carbocycles. The molecule has 1 aromatic heterocycles. The molecule has 0 saturated heterocycles. The highest BCUT2D eigenvalue weighted by molar-refractivity contribution is 7.86. The van der Waals surface area contributed by atoms with E-state index in [4.69, 9.17) is 15.0 Å². The standard InChI is InChI=1S/C59H40N3OP/c63-64(55-23-11-19-47-13-7-9-21-53(47)55,56-24-12-20-48-14-8-10-22-54(48)56)52-39-37-46(38-40-52)44-31-29-42(30-32-44)41-25-27-43(28-26-41)45-33-35-51(36-34-45)59-61-57(49-15-3-1-4-16-49)60-58(62-59)50-17-5-2-6-18-50/h1-40H. The van der Waals surface area contributed by atoms with Crippen molar-refractivity contribution in [2.45, 2.75) is 0 Å². The Balaban J connectivity index is 0.849. The smallest absolute Gasteiger partial charge is 0.172 e. The molecule has 302 valence electrons. The predicted octanol–water partition coefficient (Wildman–Crippen LogP) is 13.8. The minimum atomic E-state index is -3.30. The molecule has 0 spiro atoms. The summed E-state index contributed by atoms with van der Waals surface area (Å²) >= 11 is 0. The van der Waals surface area contributed by atoms with Crippen LogP contribution in [0, 0.1) is 0 Å². The van der Waals surface area contributed by atoms with E-state index in [2.05, 4.69) is 133 Å². The van der Waals surface area contributed by atoms with Crippen LogP contribution < -0.4 is 15.9 Å². The van der Waals surface area contributed by atoms with E-state index in [9.17, 15) is 0 Å². The first-order valence-corrected chi connectivity index (χ1v) is 23.2. The summed E-state index contributed by atoms with van der Waals surface area (Å²) in [6.07, 6.45) is 0. The van der Waals surface area contributed by atoms with Crippen LogP contribution in [-0.2, 0) is 4.57 Å². The van der Waals surface area contributed by atoms with Crippen LogP contribution >= 0.6 is 7.14 Å². The van der Waals surface area contributed by atoms with Crippen LogP contribution in [0.5, 0.6) is 0 Å². The lowest BCUT2D eigenvalue weighted by Gasteiger charge is -2.23. The van der Waals surface area contributed by atoms with Crippen molar-refractivity contribution in [3.63, 3.8) is 0 Å². The Labute approximate surface area is 372 Å². The Morgan fingerprint density at radius 2 is 0.531 bits per heavy atom. The first-order valence-electron chi connectivity index (χ1n) is 21.4. The summed E-state index contributed by atoms with van der Waals surface area (Å²) in [5, 5.41) is 6.71. The van der Waals surface area contributed by atoms with Crippen LogP contribution in [0.2, 0.25) is 0 Å². The number of benzene rings is 10. The summed E-state index contributed by atoms with van der Waals surface area (Å²) in [5.41, 5.74) is 9.50. The maximum Gasteiger partial charge on any atom is 0.172 e. The third kappa shape index (κ3) is 7.30. The van der Waals surface area contributed by atoms with Gasteiger partial charge in [0.2, 0.25) is 0 Å². The first kappa shape index (κ1) is 38.9. The summed E-state index contributed by atoms with van der Waals surface area (Å²) in [4.78, 5) is 14.6. The summed E-state index contributed by atoms with van der Waals surface area (Å²) in [6.45, 7) is 0. The van der Waals surface area contributed by atoms with Gasteiger partial charge in [0, 0.05) is 32.6 Å². The van der Waals surface area contributed by atoms with Crippen molar-refractivity contribution in [1.82, 2.24) is 15.0 Å². The molecule has 0 bridgehead atoms. The summed E-state index contributed by atoms with van der Waals surface area (Å²) < 4.78 is 16.0. The average Bonchev–Trinajstić information content (AvgIpc) is 3.38. The Hall–Kier alpha value is -8.04. The van der Waals surface area contributed by atoms with Crippen LogP contribution in [0.4, 0.5) is 0 Å². The van der Waals surface area contributed by atoms with Gasteiger partial charge in [-0.1, -0.05) is 243 Å². The van der Waals surface area contributed by atoms with E-state index in [1.807, 2.05) is 109 Å². The van der Waals surface area contributed by atoms with Gasteiger partial charge in [0.15, 0.2) is 24.6 Å². The molecule has 0 atom stereocenters. The van der Waals surface area contributed by atoms with Gasteiger partial charge in [0.05, 0.1) is 0 Å². The highest BCUT2D eigenvalue weighted by atomic mass is 31.2. The summed E-state index contributed by atoms with van der Waals surface area (Å²) in [7, 11) is -3.30. The minimum absolute atomic E-state index is 0.635. The maximum absolute atomic E-state index is 16.0. The number of fused-ring (bicyclic) bond motifs is 2. The maximum atomic E-state index is 16.0. The molecule has 4 nitrogen and oxygen atoms in total. The molecule has 0 aliphatic heterocycles. The van der Waals surface area contributed by atoms with Crippen LogP contribution in [0.3, 0.4) is 0 Å². The Morgan fingerprint density at radius 3 is 0.906 bits per heavy atom. The number of nitrogens with zero attached hydrogens (tertiary/aromatic N) is 3. The third-order valence-corrected chi connectivity index (χ3v) is 15.2. The zero-order valence-corrected chi connectivity index (χ0v) is 35.7. The fourth-order valence-electron chi connectivity index (χ4n) is 8.70. The summed E-state index contributed by atoms with van der Waals surface area (Å²) in [6, 6.07) is 83.0. The minimum Gasteiger partial charge on any atom is -0.309 e. The van der Waals surface area contributed by atoms with Gasteiger partial charge in [-0.05, 0) is 54.9 Å². The molecule has 0 fully saturated rings. The number of hydrogen-bond donors (Lipinski definition) is 0. The third-order valence-electron chi connectivity index (χ3n) is 12.1. The van der Waals surface area contributed by atoms with Gasteiger partial charge in [0.1, 0.15) is 0 Å². The zero-order valence-electron chi connectivity index (χ0n) is 34.8. The Kier molecular flexibility index (Phi) is 10.1. The molecule has 0 aliphatic rings. The van der Waals surface area contributed by atoms with E-state index < -0.39 is 7.14 Å². The van der Waals surface area contributed by atoms with Crippen LogP contribution in [-0.4, -0.2) is 15.0 Å². The molecular weight excluding hydrogens is 798 g/mol. The summed E-state index contributed by atoms with van der Waals surface area (Å²) in [5.74, 6) is 1.93. The van der Waals surface area contributed by atoms with Crippen LogP contribution in [0.25, 0.3) is 89.1 Å². The SMILES string of the molecule is O=P(c1ccc(-c2ccc(-c3ccc(-c4ccc(-c5nc(-c6ccccc6)nc(-c6ccccc6)n5)cc4)cc3)cc2)cc1)(c1cccc2ccccc12)c1cccc2ccccc12. The van der Waals surface area contributed by atoms with Crippen molar-refractivity contribution < 1.29 is 4.57 Å². The largest absolute Gasteiger partial charge is 0.309 e. The molecule has 11 aromatic rings. The molecule has 0 N–H and O–H groups in total. The van der Waals surface area contributed by atoms with Gasteiger partial charge >= 0.3 is 0 Å². The van der Waals surface area contributed by atoms with Gasteiger partial charge in [-0.2, -0.15) is 0 Å². The molecule has 64 heavy (non-hydrogen) atoms. The lowest BCUT2D eigenvalue weighted by molar-refractivity contribution is 0.593. The van der Waals surface area contributed by atoms with E-state index in [1.54, 1.807) is 0 Å². The van der Waals surface area contributed by atoms with Gasteiger partial charge in [-0.25, -0.2) is 15.0 Å². The quantitative estimate of drug-likeness (QED) is 0.136. The number of hydrogen-bond acceptors (Lipinski definition) is 4. The highest BCUT2D eigenvalue weighted by Crippen LogP contribution is 2.46. The molecule has 0 radical (unpaired) electrons.